The maximum absolute atomic E-state index is 12.6. The van der Waals surface area contributed by atoms with Crippen LogP contribution < -0.4 is 5.32 Å². The molecule has 1 N–H and O–H groups in total. The Bertz CT molecular complexity index is 764. The second kappa shape index (κ2) is 7.34. The van der Waals surface area contributed by atoms with E-state index in [1.165, 1.54) is 7.11 Å². The minimum Gasteiger partial charge on any atom is -0.469 e. The van der Waals surface area contributed by atoms with Gasteiger partial charge in [0.05, 0.1) is 25.3 Å². The number of nitrogens with zero attached hydrogens (tertiary/aromatic N) is 2. The molecule has 3 rings (SSSR count). The first-order valence-corrected chi connectivity index (χ1v) is 8.24. The molecule has 0 spiro atoms. The van der Waals surface area contributed by atoms with Crippen LogP contribution in [0.3, 0.4) is 0 Å². The second-order valence-corrected chi connectivity index (χ2v) is 6.18. The molecule has 6 heteroatoms. The van der Waals surface area contributed by atoms with Crippen molar-refractivity contribution in [1.29, 1.82) is 0 Å². The maximum atomic E-state index is 12.6. The molecule has 1 aliphatic rings. The summed E-state index contributed by atoms with van der Waals surface area (Å²) in [4.78, 5) is 30.1. The Hall–Kier alpha value is -2.89. The number of likely N-dealkylation sites (tertiary alicyclic amines) is 1. The standard InChI is InChI=1S/C19H21N3O3/c1-13-12-22(18(13)14-7-4-3-5-8-14)19(24)21-16-10-6-9-15(20-16)11-17(23)25-2/h3-10,13,18H,11-12H2,1-2H3,(H,20,21,24). The van der Waals surface area contributed by atoms with Crippen molar-refractivity contribution in [1.82, 2.24) is 9.88 Å². The fourth-order valence-corrected chi connectivity index (χ4v) is 3.11. The average molecular weight is 339 g/mol. The molecule has 1 aromatic carbocycles. The van der Waals surface area contributed by atoms with E-state index in [2.05, 4.69) is 22.0 Å². The summed E-state index contributed by atoms with van der Waals surface area (Å²) in [6, 6.07) is 15.1. The van der Waals surface area contributed by atoms with Gasteiger partial charge in [0.15, 0.2) is 0 Å². The Labute approximate surface area is 146 Å². The normalized spacial score (nSPS) is 19.0. The highest BCUT2D eigenvalue weighted by molar-refractivity contribution is 5.89. The zero-order valence-electron chi connectivity index (χ0n) is 14.3. The molecule has 2 atom stereocenters. The minimum atomic E-state index is -0.364. The van der Waals surface area contributed by atoms with Crippen LogP contribution in [-0.4, -0.2) is 35.5 Å². The van der Waals surface area contributed by atoms with E-state index in [0.29, 0.717) is 24.0 Å². The summed E-state index contributed by atoms with van der Waals surface area (Å²) >= 11 is 0. The molecule has 2 aromatic rings. The van der Waals surface area contributed by atoms with Gasteiger partial charge in [0, 0.05) is 6.54 Å². The van der Waals surface area contributed by atoms with Crippen LogP contribution in [0.5, 0.6) is 0 Å². The van der Waals surface area contributed by atoms with Gasteiger partial charge in [-0.25, -0.2) is 9.78 Å². The van der Waals surface area contributed by atoms with E-state index in [9.17, 15) is 9.59 Å². The van der Waals surface area contributed by atoms with E-state index in [0.717, 1.165) is 5.56 Å². The number of pyridine rings is 1. The van der Waals surface area contributed by atoms with E-state index >= 15 is 0 Å². The highest BCUT2D eigenvalue weighted by Crippen LogP contribution is 2.38. The van der Waals surface area contributed by atoms with Crippen LogP contribution >= 0.6 is 0 Å². The number of nitrogens with one attached hydrogen (secondary N) is 1. The molecule has 1 saturated heterocycles. The predicted octanol–water partition coefficient (Wildman–Crippen LogP) is 3.02. The highest BCUT2D eigenvalue weighted by Gasteiger charge is 2.40. The lowest BCUT2D eigenvalue weighted by Crippen LogP contribution is -2.53. The van der Waals surface area contributed by atoms with Crippen molar-refractivity contribution >= 4 is 17.8 Å². The number of hydrogen-bond acceptors (Lipinski definition) is 4. The van der Waals surface area contributed by atoms with E-state index in [1.807, 2.05) is 30.3 Å². The number of esters is 1. The van der Waals surface area contributed by atoms with Gasteiger partial charge in [0.1, 0.15) is 5.82 Å². The molecule has 0 aliphatic carbocycles. The molecule has 2 unspecified atom stereocenters. The molecule has 1 aromatic heterocycles. The maximum Gasteiger partial charge on any atom is 0.323 e. The van der Waals surface area contributed by atoms with Crippen LogP contribution in [0, 0.1) is 5.92 Å². The summed E-state index contributed by atoms with van der Waals surface area (Å²) in [6.45, 7) is 2.84. The van der Waals surface area contributed by atoms with Crippen molar-refractivity contribution in [3.63, 3.8) is 0 Å². The first-order chi connectivity index (χ1) is 12.1. The summed E-state index contributed by atoms with van der Waals surface area (Å²) < 4.78 is 4.64. The molecule has 2 amide bonds. The fourth-order valence-electron chi connectivity index (χ4n) is 3.11. The number of benzene rings is 1. The Balaban J connectivity index is 1.68. The first-order valence-electron chi connectivity index (χ1n) is 8.24. The van der Waals surface area contributed by atoms with Gasteiger partial charge in [-0.3, -0.25) is 10.1 Å². The van der Waals surface area contributed by atoms with Crippen molar-refractivity contribution in [3.05, 3.63) is 59.8 Å². The zero-order valence-corrected chi connectivity index (χ0v) is 14.3. The van der Waals surface area contributed by atoms with Crippen molar-refractivity contribution in [2.24, 2.45) is 5.92 Å². The first kappa shape index (κ1) is 17.0. The van der Waals surface area contributed by atoms with Crippen LogP contribution in [0.1, 0.15) is 24.2 Å². The van der Waals surface area contributed by atoms with E-state index in [1.54, 1.807) is 23.1 Å². The molecule has 1 aliphatic heterocycles. The van der Waals surface area contributed by atoms with E-state index < -0.39 is 0 Å². The topological polar surface area (TPSA) is 71.5 Å². The molecule has 0 bridgehead atoms. The van der Waals surface area contributed by atoms with Crippen molar-refractivity contribution in [2.45, 2.75) is 19.4 Å². The van der Waals surface area contributed by atoms with Gasteiger partial charge in [-0.15, -0.1) is 0 Å². The van der Waals surface area contributed by atoms with E-state index in [4.69, 9.17) is 0 Å². The molecule has 0 radical (unpaired) electrons. The van der Waals surface area contributed by atoms with Crippen molar-refractivity contribution in [2.75, 3.05) is 19.0 Å². The number of carbonyl (C=O) groups excluding carboxylic acids is 2. The molecule has 1 fully saturated rings. The van der Waals surface area contributed by atoms with Crippen LogP contribution in [0.2, 0.25) is 0 Å². The largest absolute Gasteiger partial charge is 0.469 e. The average Bonchev–Trinajstić information content (AvgIpc) is 2.60. The Morgan fingerprint density at radius 2 is 1.96 bits per heavy atom. The van der Waals surface area contributed by atoms with Gasteiger partial charge >= 0.3 is 12.0 Å². The van der Waals surface area contributed by atoms with Gasteiger partial charge in [-0.2, -0.15) is 0 Å². The lowest BCUT2D eigenvalue weighted by molar-refractivity contribution is -0.139. The minimum absolute atomic E-state index is 0.0689. The van der Waals surface area contributed by atoms with Crippen LogP contribution in [0.4, 0.5) is 10.6 Å². The Morgan fingerprint density at radius 1 is 1.20 bits per heavy atom. The number of aromatic nitrogens is 1. The number of urea groups is 1. The summed E-state index contributed by atoms with van der Waals surface area (Å²) in [5.41, 5.74) is 1.69. The zero-order chi connectivity index (χ0) is 17.8. The van der Waals surface area contributed by atoms with Gasteiger partial charge in [-0.05, 0) is 23.6 Å². The Morgan fingerprint density at radius 3 is 2.64 bits per heavy atom. The number of hydrogen-bond donors (Lipinski definition) is 1. The molecule has 2 heterocycles. The summed E-state index contributed by atoms with van der Waals surface area (Å²) in [5, 5.41) is 2.82. The third kappa shape index (κ3) is 3.79. The monoisotopic (exact) mass is 339 g/mol. The fraction of sp³-hybridized carbons (Fsp3) is 0.316. The number of anilines is 1. The molecule has 25 heavy (non-hydrogen) atoms. The molecule has 130 valence electrons. The second-order valence-electron chi connectivity index (χ2n) is 6.18. The number of carbonyl (C=O) groups is 2. The molecule has 0 saturated carbocycles. The van der Waals surface area contributed by atoms with Crippen molar-refractivity contribution in [3.8, 4) is 0 Å². The smallest absolute Gasteiger partial charge is 0.323 e. The molecular weight excluding hydrogens is 318 g/mol. The lowest BCUT2D eigenvalue weighted by atomic mass is 9.85. The lowest BCUT2D eigenvalue weighted by Gasteiger charge is -2.46. The van der Waals surface area contributed by atoms with Crippen molar-refractivity contribution < 1.29 is 14.3 Å². The van der Waals surface area contributed by atoms with Crippen LogP contribution in [0.25, 0.3) is 0 Å². The number of methoxy groups -OCH3 is 1. The van der Waals surface area contributed by atoms with Gasteiger partial charge in [0.25, 0.3) is 0 Å². The Kier molecular flexibility index (Phi) is 4.97. The van der Waals surface area contributed by atoms with Gasteiger partial charge in [0.2, 0.25) is 0 Å². The number of amides is 2. The highest BCUT2D eigenvalue weighted by atomic mass is 16.5. The summed E-state index contributed by atoms with van der Waals surface area (Å²) in [5.74, 6) is 0.473. The SMILES string of the molecule is COC(=O)Cc1cccc(NC(=O)N2CC(C)C2c2ccccc2)n1. The summed E-state index contributed by atoms with van der Waals surface area (Å²) in [7, 11) is 1.34. The molecular formula is C19H21N3O3. The summed E-state index contributed by atoms with van der Waals surface area (Å²) in [6.07, 6.45) is 0.0770. The quantitative estimate of drug-likeness (QED) is 0.869. The predicted molar refractivity (Wildman–Crippen MR) is 94.0 cm³/mol. The third-order valence-electron chi connectivity index (χ3n) is 4.36. The number of rotatable bonds is 4. The van der Waals surface area contributed by atoms with E-state index in [-0.39, 0.29) is 24.5 Å². The molecule has 6 nitrogen and oxygen atoms in total. The van der Waals surface area contributed by atoms with Gasteiger partial charge in [-0.1, -0.05) is 43.3 Å². The van der Waals surface area contributed by atoms with Gasteiger partial charge < -0.3 is 9.64 Å². The third-order valence-corrected chi connectivity index (χ3v) is 4.36. The van der Waals surface area contributed by atoms with Crippen LogP contribution in [0.15, 0.2) is 48.5 Å². The number of ether oxygens (including phenoxy) is 1. The van der Waals surface area contributed by atoms with Crippen LogP contribution in [-0.2, 0) is 16.0 Å².